The summed E-state index contributed by atoms with van der Waals surface area (Å²) in [6, 6.07) is 0. The highest BCUT2D eigenvalue weighted by atomic mass is 16.5. The van der Waals surface area contributed by atoms with Gasteiger partial charge in [0.05, 0.1) is 0 Å². The molecule has 0 amide bonds. The van der Waals surface area contributed by atoms with Gasteiger partial charge in [-0.1, -0.05) is 51.9 Å². The normalized spacial score (nSPS) is 18.9. The third kappa shape index (κ3) is 8.73. The summed E-state index contributed by atoms with van der Waals surface area (Å²) in [5.74, 6) is 0.856. The maximum Gasteiger partial charge on any atom is 0.135 e. The van der Waals surface area contributed by atoms with Crippen LogP contribution < -0.4 is 0 Å². The molecule has 1 rings (SSSR count). The van der Waals surface area contributed by atoms with Gasteiger partial charge in [0.2, 0.25) is 0 Å². The van der Waals surface area contributed by atoms with Crippen LogP contribution in [0.2, 0.25) is 0 Å². The van der Waals surface area contributed by atoms with E-state index in [1.807, 2.05) is 0 Å². The van der Waals surface area contributed by atoms with E-state index < -0.39 is 0 Å². The topological polar surface area (TPSA) is 26.3 Å². The van der Waals surface area contributed by atoms with Gasteiger partial charge in [-0.25, -0.2) is 0 Å². The Morgan fingerprint density at radius 2 is 1.60 bits per heavy atom. The predicted octanol–water partition coefficient (Wildman–Crippen LogP) is 5.29. The number of Topliss-reactive ketones (excluding diaryl/α,β-unsaturated/α-hetero) is 1. The Morgan fingerprint density at radius 1 is 0.950 bits per heavy atom. The van der Waals surface area contributed by atoms with Crippen LogP contribution in [-0.2, 0) is 9.53 Å². The smallest absolute Gasteiger partial charge is 0.135 e. The summed E-state index contributed by atoms with van der Waals surface area (Å²) in [4.78, 5) is 11.5. The number of ketones is 1. The van der Waals surface area contributed by atoms with Crippen LogP contribution in [-0.4, -0.2) is 19.0 Å². The van der Waals surface area contributed by atoms with E-state index in [1.165, 1.54) is 51.4 Å². The second kappa shape index (κ2) is 12.4. The summed E-state index contributed by atoms with van der Waals surface area (Å²) in [6.07, 6.45) is 16.0. The third-order valence-corrected chi connectivity index (χ3v) is 4.41. The molecule has 1 atom stereocenters. The molecule has 0 heterocycles. The Morgan fingerprint density at radius 3 is 2.25 bits per heavy atom. The molecular weight excluding hydrogens is 248 g/mol. The van der Waals surface area contributed by atoms with Gasteiger partial charge in [-0.15, -0.1) is 0 Å². The molecule has 2 heteroatoms. The molecule has 0 aromatic rings. The van der Waals surface area contributed by atoms with Gasteiger partial charge in [-0.2, -0.15) is 0 Å². The lowest BCUT2D eigenvalue weighted by molar-refractivity contribution is -0.120. The van der Waals surface area contributed by atoms with Crippen LogP contribution in [0, 0.1) is 5.92 Å². The van der Waals surface area contributed by atoms with E-state index in [2.05, 4.69) is 6.92 Å². The highest BCUT2D eigenvalue weighted by Crippen LogP contribution is 2.25. The molecule has 1 aliphatic carbocycles. The quantitative estimate of drug-likeness (QED) is 0.429. The van der Waals surface area contributed by atoms with Crippen molar-refractivity contribution in [2.45, 2.75) is 90.4 Å². The summed E-state index contributed by atoms with van der Waals surface area (Å²) in [5.41, 5.74) is 0. The number of rotatable bonds is 13. The number of hydrogen-bond donors (Lipinski definition) is 0. The van der Waals surface area contributed by atoms with Gasteiger partial charge < -0.3 is 4.74 Å². The molecule has 118 valence electrons. The van der Waals surface area contributed by atoms with Gasteiger partial charge >= 0.3 is 0 Å². The molecule has 0 bridgehead atoms. The van der Waals surface area contributed by atoms with E-state index in [0.29, 0.717) is 11.7 Å². The number of carbonyl (C=O) groups is 1. The zero-order valence-electron chi connectivity index (χ0n) is 13.5. The van der Waals surface area contributed by atoms with Crippen LogP contribution in [0.3, 0.4) is 0 Å². The molecule has 2 nitrogen and oxygen atoms in total. The van der Waals surface area contributed by atoms with Gasteiger partial charge in [-0.3, -0.25) is 4.79 Å². The molecule has 1 aliphatic rings. The number of ether oxygens (including phenoxy) is 1. The maximum atomic E-state index is 11.5. The van der Waals surface area contributed by atoms with E-state index in [1.54, 1.807) is 0 Å². The average molecular weight is 282 g/mol. The third-order valence-electron chi connectivity index (χ3n) is 4.41. The molecule has 0 N–H and O–H groups in total. The lowest BCUT2D eigenvalue weighted by Gasteiger charge is -2.08. The minimum atomic E-state index is 0.363. The minimum Gasteiger partial charge on any atom is -0.381 e. The first-order valence-electron chi connectivity index (χ1n) is 8.95. The average Bonchev–Trinajstić information content (AvgIpc) is 2.85. The highest BCUT2D eigenvalue weighted by Gasteiger charge is 2.23. The molecule has 1 fully saturated rings. The molecule has 0 aromatic heterocycles. The van der Waals surface area contributed by atoms with Gasteiger partial charge in [0.25, 0.3) is 0 Å². The minimum absolute atomic E-state index is 0.363. The Labute approximate surface area is 125 Å². The highest BCUT2D eigenvalue weighted by molar-refractivity contribution is 5.82. The van der Waals surface area contributed by atoms with E-state index in [4.69, 9.17) is 4.74 Å². The predicted molar refractivity (Wildman–Crippen MR) is 85.0 cm³/mol. The molecule has 0 spiro atoms. The Balaban J connectivity index is 1.73. The van der Waals surface area contributed by atoms with Crippen molar-refractivity contribution in [2.24, 2.45) is 5.92 Å². The summed E-state index contributed by atoms with van der Waals surface area (Å²) in [6.45, 7) is 4.02. The van der Waals surface area contributed by atoms with Crippen molar-refractivity contribution in [3.8, 4) is 0 Å². The second-order valence-electron chi connectivity index (χ2n) is 6.28. The van der Waals surface area contributed by atoms with Crippen molar-refractivity contribution in [3.05, 3.63) is 0 Å². The van der Waals surface area contributed by atoms with Crippen LogP contribution in [0.5, 0.6) is 0 Å². The molecule has 1 unspecified atom stereocenters. The van der Waals surface area contributed by atoms with Crippen molar-refractivity contribution in [2.75, 3.05) is 13.2 Å². The Hall–Kier alpha value is -0.370. The van der Waals surface area contributed by atoms with Crippen molar-refractivity contribution >= 4 is 5.78 Å². The van der Waals surface area contributed by atoms with Crippen molar-refractivity contribution in [1.82, 2.24) is 0 Å². The SMILES string of the molecule is CCCCCCCCCCOCCCC1CCCC1=O. The van der Waals surface area contributed by atoms with Crippen molar-refractivity contribution in [3.63, 3.8) is 0 Å². The summed E-state index contributed by atoms with van der Waals surface area (Å²) in [5, 5.41) is 0. The summed E-state index contributed by atoms with van der Waals surface area (Å²) < 4.78 is 5.66. The van der Waals surface area contributed by atoms with E-state index in [9.17, 15) is 4.79 Å². The zero-order chi connectivity index (χ0) is 14.5. The van der Waals surface area contributed by atoms with Crippen LogP contribution in [0.4, 0.5) is 0 Å². The molecule has 0 saturated heterocycles. The molecule has 0 aromatic carbocycles. The van der Waals surface area contributed by atoms with Gasteiger partial charge in [0.1, 0.15) is 5.78 Å². The fourth-order valence-electron chi connectivity index (χ4n) is 3.06. The lowest BCUT2D eigenvalue weighted by atomic mass is 10.0. The van der Waals surface area contributed by atoms with Gasteiger partial charge in [-0.05, 0) is 32.1 Å². The maximum absolute atomic E-state index is 11.5. The fraction of sp³-hybridized carbons (Fsp3) is 0.944. The standard InChI is InChI=1S/C18H34O2/c1-2-3-4-5-6-7-8-9-15-20-16-11-13-17-12-10-14-18(17)19/h17H,2-16H2,1H3. The number of unbranched alkanes of at least 4 members (excludes halogenated alkanes) is 7. The first-order valence-corrected chi connectivity index (χ1v) is 8.95. The van der Waals surface area contributed by atoms with Crippen LogP contribution in [0.15, 0.2) is 0 Å². The fourth-order valence-corrected chi connectivity index (χ4v) is 3.06. The van der Waals surface area contributed by atoms with Crippen LogP contribution in [0.1, 0.15) is 90.4 Å². The van der Waals surface area contributed by atoms with Crippen LogP contribution >= 0.6 is 0 Å². The Kier molecular flexibility index (Phi) is 10.9. The van der Waals surface area contributed by atoms with Crippen LogP contribution in [0.25, 0.3) is 0 Å². The van der Waals surface area contributed by atoms with E-state index in [0.717, 1.165) is 45.3 Å². The lowest BCUT2D eigenvalue weighted by Crippen LogP contribution is -2.07. The van der Waals surface area contributed by atoms with Crippen molar-refractivity contribution in [1.29, 1.82) is 0 Å². The van der Waals surface area contributed by atoms with Gasteiger partial charge in [0, 0.05) is 25.6 Å². The second-order valence-corrected chi connectivity index (χ2v) is 6.28. The molecular formula is C18H34O2. The molecule has 20 heavy (non-hydrogen) atoms. The first kappa shape index (κ1) is 17.7. The van der Waals surface area contributed by atoms with Crippen molar-refractivity contribution < 1.29 is 9.53 Å². The summed E-state index contributed by atoms with van der Waals surface area (Å²) >= 11 is 0. The largest absolute Gasteiger partial charge is 0.381 e. The number of hydrogen-bond acceptors (Lipinski definition) is 2. The monoisotopic (exact) mass is 282 g/mol. The molecule has 0 aliphatic heterocycles. The Bertz CT molecular complexity index is 238. The van der Waals surface area contributed by atoms with E-state index >= 15 is 0 Å². The number of carbonyl (C=O) groups excluding carboxylic acids is 1. The van der Waals surface area contributed by atoms with Gasteiger partial charge in [0.15, 0.2) is 0 Å². The first-order chi connectivity index (χ1) is 9.84. The molecule has 0 radical (unpaired) electrons. The summed E-state index contributed by atoms with van der Waals surface area (Å²) in [7, 11) is 0. The van der Waals surface area contributed by atoms with E-state index in [-0.39, 0.29) is 0 Å². The molecule has 1 saturated carbocycles. The zero-order valence-corrected chi connectivity index (χ0v) is 13.5.